The second-order valence-electron chi connectivity index (χ2n) is 7.07. The summed E-state index contributed by atoms with van der Waals surface area (Å²) in [5.74, 6) is 0.634. The molecule has 0 aromatic heterocycles. The van der Waals surface area contributed by atoms with Crippen molar-refractivity contribution in [3.8, 4) is 11.5 Å². The van der Waals surface area contributed by atoms with E-state index in [1.165, 1.54) is 12.1 Å². The number of methoxy groups -OCH3 is 2. The van der Waals surface area contributed by atoms with E-state index in [2.05, 4.69) is 0 Å². The molecule has 164 valence electrons. The van der Waals surface area contributed by atoms with Crippen molar-refractivity contribution in [3.05, 3.63) is 59.4 Å². The number of ether oxygens (including phenoxy) is 3. The Labute approximate surface area is 177 Å². The van der Waals surface area contributed by atoms with E-state index in [0.29, 0.717) is 37.4 Å². The van der Waals surface area contributed by atoms with Gasteiger partial charge in [-0.2, -0.15) is 0 Å². The molecule has 30 heavy (non-hydrogen) atoms. The Kier molecular flexibility index (Phi) is 9.57. The normalized spacial score (nSPS) is 11.9. The summed E-state index contributed by atoms with van der Waals surface area (Å²) >= 11 is 0. The highest BCUT2D eigenvalue weighted by Gasteiger charge is 2.16. The van der Waals surface area contributed by atoms with Crippen LogP contribution in [0.2, 0.25) is 0 Å². The van der Waals surface area contributed by atoms with Crippen molar-refractivity contribution in [3.63, 3.8) is 0 Å². The molecular formula is C23H30FNO5. The fourth-order valence-electron chi connectivity index (χ4n) is 3.09. The summed E-state index contributed by atoms with van der Waals surface area (Å²) in [6.45, 7) is 3.12. The number of aliphatic hydroxyl groups excluding tert-OH is 1. The zero-order valence-electron chi connectivity index (χ0n) is 17.8. The lowest BCUT2D eigenvalue weighted by molar-refractivity contribution is -0.147. The van der Waals surface area contributed by atoms with Gasteiger partial charge in [-0.15, -0.1) is 0 Å². The van der Waals surface area contributed by atoms with E-state index in [0.717, 1.165) is 11.1 Å². The minimum atomic E-state index is -0.841. The number of rotatable bonds is 12. The van der Waals surface area contributed by atoms with Crippen LogP contribution in [0.5, 0.6) is 11.5 Å². The Morgan fingerprint density at radius 1 is 1.03 bits per heavy atom. The molecule has 0 spiro atoms. The van der Waals surface area contributed by atoms with Gasteiger partial charge in [-0.3, -0.25) is 9.69 Å². The average Bonchev–Trinajstić information content (AvgIpc) is 2.74. The van der Waals surface area contributed by atoms with Crippen LogP contribution in [0.15, 0.2) is 42.5 Å². The van der Waals surface area contributed by atoms with Crippen LogP contribution in [-0.2, 0) is 22.6 Å². The molecule has 0 bridgehead atoms. The molecule has 0 heterocycles. The van der Waals surface area contributed by atoms with Gasteiger partial charge in [-0.05, 0) is 41.8 Å². The molecule has 0 radical (unpaired) electrons. The summed E-state index contributed by atoms with van der Waals surface area (Å²) in [7, 11) is 3.15. The second-order valence-corrected chi connectivity index (χ2v) is 7.07. The van der Waals surface area contributed by atoms with Gasteiger partial charge in [0.2, 0.25) is 0 Å². The zero-order valence-corrected chi connectivity index (χ0v) is 17.8. The lowest BCUT2D eigenvalue weighted by atomic mass is 10.1. The molecule has 1 atom stereocenters. The monoisotopic (exact) mass is 419 g/mol. The van der Waals surface area contributed by atoms with Crippen LogP contribution in [0.4, 0.5) is 4.39 Å². The van der Waals surface area contributed by atoms with Gasteiger partial charge in [0.25, 0.3) is 0 Å². The molecule has 0 aliphatic rings. The third-order valence-corrected chi connectivity index (χ3v) is 4.53. The molecular weight excluding hydrogens is 389 g/mol. The molecule has 7 heteroatoms. The SMILES string of the molecule is CCCC(=O)OC[C@H](O)CN(Cc1ccc(F)cc1)Cc1ccc(OC)c(OC)c1. The first-order valence-electron chi connectivity index (χ1n) is 9.96. The van der Waals surface area contributed by atoms with Gasteiger partial charge in [0, 0.05) is 26.1 Å². The molecule has 0 aliphatic heterocycles. The van der Waals surface area contributed by atoms with Crippen molar-refractivity contribution in [1.82, 2.24) is 4.90 Å². The summed E-state index contributed by atoms with van der Waals surface area (Å²) in [5.41, 5.74) is 1.87. The minimum Gasteiger partial charge on any atom is -0.493 e. The summed E-state index contributed by atoms with van der Waals surface area (Å²) < 4.78 is 29.0. The first-order valence-corrected chi connectivity index (χ1v) is 9.96. The maximum absolute atomic E-state index is 13.2. The Bertz CT molecular complexity index is 797. The molecule has 1 N–H and O–H groups in total. The maximum Gasteiger partial charge on any atom is 0.305 e. The molecule has 0 fully saturated rings. The molecule has 0 unspecified atom stereocenters. The molecule has 0 saturated heterocycles. The van der Waals surface area contributed by atoms with Crippen molar-refractivity contribution in [2.45, 2.75) is 39.0 Å². The summed E-state index contributed by atoms with van der Waals surface area (Å²) in [5, 5.41) is 10.4. The topological polar surface area (TPSA) is 68.2 Å². The first kappa shape index (κ1) is 23.6. The predicted octanol–water partition coefficient (Wildman–Crippen LogP) is 3.55. The summed E-state index contributed by atoms with van der Waals surface area (Å²) in [6, 6.07) is 11.9. The van der Waals surface area contributed by atoms with Gasteiger partial charge in [-0.25, -0.2) is 4.39 Å². The fraction of sp³-hybridized carbons (Fsp3) is 0.435. The number of carbonyl (C=O) groups excluding carboxylic acids is 1. The van der Waals surface area contributed by atoms with Crippen LogP contribution < -0.4 is 9.47 Å². The van der Waals surface area contributed by atoms with Crippen LogP contribution in [0.25, 0.3) is 0 Å². The highest BCUT2D eigenvalue weighted by Crippen LogP contribution is 2.28. The third kappa shape index (κ3) is 7.65. The molecule has 0 saturated carbocycles. The quantitative estimate of drug-likeness (QED) is 0.531. The number of hydrogen-bond donors (Lipinski definition) is 1. The summed E-state index contributed by atoms with van der Waals surface area (Å²) in [6.07, 6.45) is 0.189. The van der Waals surface area contributed by atoms with Gasteiger partial charge >= 0.3 is 5.97 Å². The van der Waals surface area contributed by atoms with E-state index in [1.807, 2.05) is 30.0 Å². The van der Waals surface area contributed by atoms with E-state index in [1.54, 1.807) is 26.4 Å². The molecule has 2 rings (SSSR count). The lowest BCUT2D eigenvalue weighted by Crippen LogP contribution is -2.34. The third-order valence-electron chi connectivity index (χ3n) is 4.53. The van der Waals surface area contributed by atoms with E-state index < -0.39 is 6.10 Å². The van der Waals surface area contributed by atoms with Gasteiger partial charge in [-0.1, -0.05) is 25.1 Å². The number of esters is 1. The van der Waals surface area contributed by atoms with Crippen LogP contribution in [0.1, 0.15) is 30.9 Å². The van der Waals surface area contributed by atoms with E-state index in [4.69, 9.17) is 14.2 Å². The summed E-state index contributed by atoms with van der Waals surface area (Å²) in [4.78, 5) is 13.6. The maximum atomic E-state index is 13.2. The van der Waals surface area contributed by atoms with E-state index in [-0.39, 0.29) is 24.9 Å². The molecule has 2 aromatic carbocycles. The number of nitrogens with zero attached hydrogens (tertiary/aromatic N) is 1. The van der Waals surface area contributed by atoms with Crippen LogP contribution in [0.3, 0.4) is 0 Å². The Hall–Kier alpha value is -2.64. The zero-order chi connectivity index (χ0) is 21.9. The number of halogens is 1. The Morgan fingerprint density at radius 3 is 2.30 bits per heavy atom. The van der Waals surface area contributed by atoms with E-state index >= 15 is 0 Å². The highest BCUT2D eigenvalue weighted by atomic mass is 19.1. The Morgan fingerprint density at radius 2 is 1.67 bits per heavy atom. The van der Waals surface area contributed by atoms with Crippen molar-refractivity contribution in [2.24, 2.45) is 0 Å². The molecule has 2 aromatic rings. The average molecular weight is 419 g/mol. The van der Waals surface area contributed by atoms with Crippen molar-refractivity contribution in [2.75, 3.05) is 27.4 Å². The lowest BCUT2D eigenvalue weighted by Gasteiger charge is -2.25. The second kappa shape index (κ2) is 12.1. The standard InChI is InChI=1S/C23H30FNO5/c1-4-5-23(27)30-16-20(26)15-25(13-17-6-9-19(24)10-7-17)14-18-8-11-21(28-2)22(12-18)29-3/h6-12,20,26H,4-5,13-16H2,1-3H3/t20-/m1/s1. The van der Waals surface area contributed by atoms with Crippen LogP contribution >= 0.6 is 0 Å². The molecule has 0 amide bonds. The van der Waals surface area contributed by atoms with Crippen molar-refractivity contribution in [1.29, 1.82) is 0 Å². The number of hydrogen-bond acceptors (Lipinski definition) is 6. The number of aliphatic hydroxyl groups is 1. The molecule has 6 nitrogen and oxygen atoms in total. The first-order chi connectivity index (χ1) is 14.4. The number of benzene rings is 2. The highest BCUT2D eigenvalue weighted by molar-refractivity contribution is 5.69. The molecule has 0 aliphatic carbocycles. The van der Waals surface area contributed by atoms with E-state index in [9.17, 15) is 14.3 Å². The van der Waals surface area contributed by atoms with Crippen LogP contribution in [0, 0.1) is 5.82 Å². The van der Waals surface area contributed by atoms with Gasteiger partial charge in [0.1, 0.15) is 18.5 Å². The Balaban J connectivity index is 2.10. The number of carbonyl (C=O) groups is 1. The van der Waals surface area contributed by atoms with Crippen molar-refractivity contribution >= 4 is 5.97 Å². The smallest absolute Gasteiger partial charge is 0.305 e. The van der Waals surface area contributed by atoms with Gasteiger partial charge < -0.3 is 19.3 Å². The van der Waals surface area contributed by atoms with Gasteiger partial charge in [0.15, 0.2) is 11.5 Å². The fourth-order valence-corrected chi connectivity index (χ4v) is 3.09. The predicted molar refractivity (Wildman–Crippen MR) is 112 cm³/mol. The minimum absolute atomic E-state index is 0.0648. The van der Waals surface area contributed by atoms with Crippen molar-refractivity contribution < 1.29 is 28.5 Å². The van der Waals surface area contributed by atoms with Crippen LogP contribution in [-0.4, -0.2) is 49.5 Å². The van der Waals surface area contributed by atoms with Gasteiger partial charge in [0.05, 0.1) is 14.2 Å². The largest absolute Gasteiger partial charge is 0.493 e.